The number of urea groups is 1. The number of carbonyl (C=O) groups excluding carboxylic acids is 3. The summed E-state index contributed by atoms with van der Waals surface area (Å²) in [4.78, 5) is 37.6. The Morgan fingerprint density at radius 3 is 2.61 bits per heavy atom. The van der Waals surface area contributed by atoms with Crippen molar-refractivity contribution in [2.75, 3.05) is 19.7 Å². The molecule has 1 fully saturated rings. The minimum absolute atomic E-state index is 0.151. The van der Waals surface area contributed by atoms with E-state index in [0.29, 0.717) is 26.1 Å². The number of nitrogens with zero attached hydrogens (tertiary/aromatic N) is 2. The summed E-state index contributed by atoms with van der Waals surface area (Å²) in [6.07, 6.45) is 0.479. The zero-order valence-corrected chi connectivity index (χ0v) is 11.1. The summed E-state index contributed by atoms with van der Waals surface area (Å²) in [5.74, 6) is -0.472. The lowest BCUT2D eigenvalue weighted by atomic mass is 10.2. The summed E-state index contributed by atoms with van der Waals surface area (Å²) in [6, 6.07) is -0.471. The molecule has 6 heteroatoms. The maximum Gasteiger partial charge on any atom is 0.326 e. The Balaban J connectivity index is 2.55. The van der Waals surface area contributed by atoms with Crippen molar-refractivity contribution in [3.63, 3.8) is 0 Å². The van der Waals surface area contributed by atoms with Crippen molar-refractivity contribution < 1.29 is 19.1 Å². The van der Waals surface area contributed by atoms with Gasteiger partial charge in [0.25, 0.3) is 0 Å². The van der Waals surface area contributed by atoms with E-state index in [4.69, 9.17) is 4.74 Å². The highest BCUT2D eigenvalue weighted by atomic mass is 16.5. The standard InChI is InChI=1S/C12H20N2O4/c1-4-18-11(16)6-8-13-7-5-10(15)14(9(2)3)12(13)17/h9H,4-8H2,1-3H3. The van der Waals surface area contributed by atoms with E-state index in [2.05, 4.69) is 0 Å². The number of hydrogen-bond donors (Lipinski definition) is 0. The third-order valence-electron chi connectivity index (χ3n) is 2.75. The van der Waals surface area contributed by atoms with Crippen LogP contribution in [0.25, 0.3) is 0 Å². The number of hydrogen-bond acceptors (Lipinski definition) is 4. The first-order valence-corrected chi connectivity index (χ1v) is 6.24. The second-order valence-electron chi connectivity index (χ2n) is 4.43. The van der Waals surface area contributed by atoms with Crippen molar-refractivity contribution in [2.24, 2.45) is 0 Å². The number of imide groups is 1. The maximum absolute atomic E-state index is 12.0. The summed E-state index contributed by atoms with van der Waals surface area (Å²) in [7, 11) is 0. The molecule has 0 aromatic rings. The lowest BCUT2D eigenvalue weighted by Gasteiger charge is -2.36. The molecule has 1 aliphatic rings. The van der Waals surface area contributed by atoms with E-state index < -0.39 is 0 Å². The summed E-state index contributed by atoms with van der Waals surface area (Å²) in [6.45, 7) is 6.34. The predicted octanol–water partition coefficient (Wildman–Crippen LogP) is 1.00. The Hall–Kier alpha value is -1.59. The third kappa shape index (κ3) is 3.45. The summed E-state index contributed by atoms with van der Waals surface area (Å²) < 4.78 is 4.81. The summed E-state index contributed by atoms with van der Waals surface area (Å²) in [5.41, 5.74) is 0. The van der Waals surface area contributed by atoms with Crippen LogP contribution in [-0.4, -0.2) is 53.4 Å². The zero-order valence-electron chi connectivity index (χ0n) is 11.1. The highest BCUT2D eigenvalue weighted by Crippen LogP contribution is 2.14. The number of carbonyl (C=O) groups is 3. The highest BCUT2D eigenvalue weighted by Gasteiger charge is 2.33. The molecule has 0 unspecified atom stereocenters. The number of rotatable bonds is 5. The fourth-order valence-electron chi connectivity index (χ4n) is 1.88. The lowest BCUT2D eigenvalue weighted by Crippen LogP contribution is -2.55. The van der Waals surface area contributed by atoms with Gasteiger partial charge in [-0.25, -0.2) is 4.79 Å². The number of esters is 1. The van der Waals surface area contributed by atoms with Crippen molar-refractivity contribution >= 4 is 17.9 Å². The van der Waals surface area contributed by atoms with Crippen LogP contribution in [0.1, 0.15) is 33.6 Å². The molecule has 102 valence electrons. The molecular weight excluding hydrogens is 236 g/mol. The molecular formula is C12H20N2O4. The van der Waals surface area contributed by atoms with E-state index in [1.807, 2.05) is 0 Å². The van der Waals surface area contributed by atoms with Crippen LogP contribution in [0, 0.1) is 0 Å². The summed E-state index contributed by atoms with van der Waals surface area (Å²) >= 11 is 0. The molecule has 0 aliphatic carbocycles. The molecule has 1 rings (SSSR count). The van der Waals surface area contributed by atoms with Gasteiger partial charge in [0.1, 0.15) is 0 Å². The van der Waals surface area contributed by atoms with Crippen LogP contribution < -0.4 is 0 Å². The third-order valence-corrected chi connectivity index (χ3v) is 2.75. The topological polar surface area (TPSA) is 66.9 Å². The molecule has 3 amide bonds. The molecule has 0 N–H and O–H groups in total. The smallest absolute Gasteiger partial charge is 0.326 e. The number of amides is 3. The molecule has 0 radical (unpaired) electrons. The van der Waals surface area contributed by atoms with Gasteiger partial charge in [-0.2, -0.15) is 0 Å². The Labute approximate surface area is 107 Å². The maximum atomic E-state index is 12.0. The van der Waals surface area contributed by atoms with Gasteiger partial charge in [-0.1, -0.05) is 0 Å². The molecule has 0 saturated carbocycles. The van der Waals surface area contributed by atoms with Gasteiger partial charge in [-0.15, -0.1) is 0 Å². The van der Waals surface area contributed by atoms with Gasteiger partial charge in [-0.05, 0) is 20.8 Å². The Morgan fingerprint density at radius 1 is 1.39 bits per heavy atom. The Morgan fingerprint density at radius 2 is 2.06 bits per heavy atom. The first kappa shape index (κ1) is 14.5. The lowest BCUT2D eigenvalue weighted by molar-refractivity contribution is -0.143. The largest absolute Gasteiger partial charge is 0.466 e. The van der Waals surface area contributed by atoms with Crippen LogP contribution >= 0.6 is 0 Å². The average molecular weight is 256 g/mol. The minimum atomic E-state index is -0.321. The SMILES string of the molecule is CCOC(=O)CCN1CCC(=O)N(C(C)C)C1=O. The highest BCUT2D eigenvalue weighted by molar-refractivity contribution is 5.97. The minimum Gasteiger partial charge on any atom is -0.466 e. The van der Waals surface area contributed by atoms with Crippen molar-refractivity contribution in [3.05, 3.63) is 0 Å². The molecule has 0 aromatic heterocycles. The fraction of sp³-hybridized carbons (Fsp3) is 0.750. The van der Waals surface area contributed by atoms with E-state index in [0.717, 1.165) is 0 Å². The first-order chi connectivity index (χ1) is 8.47. The molecule has 0 aromatic carbocycles. The van der Waals surface area contributed by atoms with E-state index in [1.54, 1.807) is 20.8 Å². The number of ether oxygens (including phenoxy) is 1. The van der Waals surface area contributed by atoms with Crippen LogP contribution in [0.15, 0.2) is 0 Å². The van der Waals surface area contributed by atoms with E-state index >= 15 is 0 Å². The first-order valence-electron chi connectivity index (χ1n) is 6.24. The molecule has 1 aliphatic heterocycles. The predicted molar refractivity (Wildman–Crippen MR) is 64.8 cm³/mol. The molecule has 0 atom stereocenters. The van der Waals surface area contributed by atoms with Crippen LogP contribution in [0.5, 0.6) is 0 Å². The van der Waals surface area contributed by atoms with Crippen molar-refractivity contribution in [1.82, 2.24) is 9.80 Å². The van der Waals surface area contributed by atoms with Gasteiger partial charge < -0.3 is 9.64 Å². The van der Waals surface area contributed by atoms with Crippen LogP contribution in [-0.2, 0) is 14.3 Å². The van der Waals surface area contributed by atoms with Crippen molar-refractivity contribution in [2.45, 2.75) is 39.7 Å². The van der Waals surface area contributed by atoms with Gasteiger partial charge in [0.2, 0.25) is 5.91 Å². The van der Waals surface area contributed by atoms with Crippen LogP contribution in [0.3, 0.4) is 0 Å². The van der Waals surface area contributed by atoms with Crippen molar-refractivity contribution in [1.29, 1.82) is 0 Å². The van der Waals surface area contributed by atoms with Gasteiger partial charge in [0.05, 0.1) is 13.0 Å². The van der Waals surface area contributed by atoms with Crippen LogP contribution in [0.4, 0.5) is 4.79 Å². The fourth-order valence-corrected chi connectivity index (χ4v) is 1.88. The molecule has 18 heavy (non-hydrogen) atoms. The second kappa shape index (κ2) is 6.37. The molecule has 0 spiro atoms. The van der Waals surface area contributed by atoms with Gasteiger partial charge in [-0.3, -0.25) is 14.5 Å². The molecule has 6 nitrogen and oxygen atoms in total. The van der Waals surface area contributed by atoms with E-state index in [9.17, 15) is 14.4 Å². The van der Waals surface area contributed by atoms with Gasteiger partial charge in [0.15, 0.2) is 0 Å². The van der Waals surface area contributed by atoms with Gasteiger partial charge >= 0.3 is 12.0 Å². The van der Waals surface area contributed by atoms with Crippen LogP contribution in [0.2, 0.25) is 0 Å². The Bertz CT molecular complexity index is 341. The van der Waals surface area contributed by atoms with E-state index in [1.165, 1.54) is 9.80 Å². The molecule has 1 heterocycles. The normalized spacial score (nSPS) is 16.4. The molecule has 0 bridgehead atoms. The quantitative estimate of drug-likeness (QED) is 0.688. The zero-order chi connectivity index (χ0) is 13.7. The summed E-state index contributed by atoms with van der Waals surface area (Å²) in [5, 5.41) is 0. The Kier molecular flexibility index (Phi) is 5.12. The second-order valence-corrected chi connectivity index (χ2v) is 4.43. The van der Waals surface area contributed by atoms with E-state index in [-0.39, 0.29) is 30.4 Å². The molecule has 1 saturated heterocycles. The monoisotopic (exact) mass is 256 g/mol. The van der Waals surface area contributed by atoms with Gasteiger partial charge in [0, 0.05) is 25.6 Å². The van der Waals surface area contributed by atoms with Crippen molar-refractivity contribution in [3.8, 4) is 0 Å². The average Bonchev–Trinajstić information content (AvgIpc) is 2.28.